The fourth-order valence-corrected chi connectivity index (χ4v) is 1.58. The van der Waals surface area contributed by atoms with Gasteiger partial charge in [-0.15, -0.1) is 0 Å². The molecule has 0 atom stereocenters. The maximum Gasteiger partial charge on any atom is 0.177 e. The molecule has 2 rings (SSSR count). The van der Waals surface area contributed by atoms with Gasteiger partial charge in [0.2, 0.25) is 0 Å². The molecule has 0 amide bonds. The number of nitrogens with zero attached hydrogens (tertiary/aromatic N) is 2. The Morgan fingerprint density at radius 2 is 2.33 bits per heavy atom. The van der Waals surface area contributed by atoms with Gasteiger partial charge < -0.3 is 4.98 Å². The molecule has 2 aromatic rings. The van der Waals surface area contributed by atoms with Crippen molar-refractivity contribution in [1.29, 1.82) is 0 Å². The van der Waals surface area contributed by atoms with Gasteiger partial charge in [0.25, 0.3) is 0 Å². The normalized spacial score (nSPS) is 12.0. The summed E-state index contributed by atoms with van der Waals surface area (Å²) >= 11 is 0. The third-order valence-electron chi connectivity index (χ3n) is 2.32. The minimum Gasteiger partial charge on any atom is -0.341 e. The van der Waals surface area contributed by atoms with Gasteiger partial charge in [0.05, 0.1) is 5.52 Å². The molecule has 0 aliphatic heterocycles. The van der Waals surface area contributed by atoms with E-state index in [1.165, 1.54) is 0 Å². The number of aromatic amines is 1. The summed E-state index contributed by atoms with van der Waals surface area (Å²) in [4.78, 5) is 11.7. The average molecular weight is 199 g/mol. The molecule has 0 saturated carbocycles. The van der Waals surface area contributed by atoms with Gasteiger partial charge in [-0.05, 0) is 25.5 Å². The molecule has 3 heteroatoms. The first kappa shape index (κ1) is 9.65. The Morgan fingerprint density at radius 3 is 3.00 bits per heavy atom. The molecule has 0 radical (unpaired) electrons. The molecule has 0 fully saturated rings. The van der Waals surface area contributed by atoms with Crippen LogP contribution in [0.1, 0.15) is 18.3 Å². The quantitative estimate of drug-likeness (QED) is 0.755. The lowest BCUT2D eigenvalue weighted by Crippen LogP contribution is -1.84. The number of hydrogen-bond donors (Lipinski definition) is 1. The van der Waals surface area contributed by atoms with Gasteiger partial charge in [-0.2, -0.15) is 0 Å². The number of imidazole rings is 1. The molecule has 3 nitrogen and oxygen atoms in total. The Bertz CT molecular complexity index is 535. The summed E-state index contributed by atoms with van der Waals surface area (Å²) in [7, 11) is 0. The van der Waals surface area contributed by atoms with Crippen LogP contribution in [-0.4, -0.2) is 15.0 Å². The number of nitrogens with one attached hydrogen (secondary N) is 1. The second kappa shape index (κ2) is 3.69. The van der Waals surface area contributed by atoms with Gasteiger partial charge >= 0.3 is 0 Å². The van der Waals surface area contributed by atoms with Crippen molar-refractivity contribution in [3.05, 3.63) is 42.4 Å². The number of pyridine rings is 1. The zero-order chi connectivity index (χ0) is 10.8. The van der Waals surface area contributed by atoms with Crippen LogP contribution in [0.15, 0.2) is 31.0 Å². The molecule has 1 N–H and O–H groups in total. The minimum atomic E-state index is 0.760. The number of fused-ring (bicyclic) bond motifs is 1. The predicted molar refractivity (Wildman–Crippen MR) is 62.5 cm³/mol. The third-order valence-corrected chi connectivity index (χ3v) is 2.32. The Kier molecular flexibility index (Phi) is 2.37. The molecule has 76 valence electrons. The maximum atomic E-state index is 4.29. The van der Waals surface area contributed by atoms with E-state index in [-0.39, 0.29) is 0 Å². The van der Waals surface area contributed by atoms with Gasteiger partial charge in [-0.25, -0.2) is 9.97 Å². The lowest BCUT2D eigenvalue weighted by molar-refractivity contribution is 1.16. The summed E-state index contributed by atoms with van der Waals surface area (Å²) in [5.41, 5.74) is 3.86. The summed E-state index contributed by atoms with van der Waals surface area (Å²) in [6.07, 6.45) is 5.66. The van der Waals surface area contributed by atoms with Crippen molar-refractivity contribution in [2.45, 2.75) is 13.8 Å². The standard InChI is InChI=1S/C12H13N3/c1-4-9(5-2)10-6-11-12(13-7-10)15-8(3)14-11/h4-7H,1H2,2-3H3,(H,13,14,15). The van der Waals surface area contributed by atoms with Crippen molar-refractivity contribution in [1.82, 2.24) is 15.0 Å². The Balaban J connectivity index is 2.59. The number of allylic oxidation sites excluding steroid dienone is 3. The molecule has 0 aliphatic rings. The number of rotatable bonds is 2. The number of hydrogen-bond acceptors (Lipinski definition) is 2. The number of aryl methyl sites for hydroxylation is 1. The largest absolute Gasteiger partial charge is 0.341 e. The highest BCUT2D eigenvalue weighted by Crippen LogP contribution is 2.18. The summed E-state index contributed by atoms with van der Waals surface area (Å²) in [5.74, 6) is 0.885. The number of H-pyrrole nitrogens is 1. The smallest absolute Gasteiger partial charge is 0.177 e. The Morgan fingerprint density at radius 1 is 1.53 bits per heavy atom. The molecular weight excluding hydrogens is 186 g/mol. The van der Waals surface area contributed by atoms with Gasteiger partial charge in [0, 0.05) is 11.8 Å². The summed E-state index contributed by atoms with van der Waals surface area (Å²) < 4.78 is 0. The molecule has 15 heavy (non-hydrogen) atoms. The zero-order valence-electron chi connectivity index (χ0n) is 8.91. The molecule has 0 saturated heterocycles. The van der Waals surface area contributed by atoms with Crippen LogP contribution in [0.3, 0.4) is 0 Å². The van der Waals surface area contributed by atoms with Crippen molar-refractivity contribution >= 4 is 16.7 Å². The highest BCUT2D eigenvalue weighted by atomic mass is 15.0. The maximum absolute atomic E-state index is 4.29. The van der Waals surface area contributed by atoms with E-state index < -0.39 is 0 Å². The van der Waals surface area contributed by atoms with E-state index in [2.05, 4.69) is 21.5 Å². The predicted octanol–water partition coefficient (Wildman–Crippen LogP) is 2.86. The van der Waals surface area contributed by atoms with Crippen LogP contribution in [0.5, 0.6) is 0 Å². The molecule has 2 aromatic heterocycles. The van der Waals surface area contributed by atoms with Gasteiger partial charge in [0.1, 0.15) is 5.82 Å². The number of aromatic nitrogens is 3. The van der Waals surface area contributed by atoms with E-state index >= 15 is 0 Å². The molecule has 0 aliphatic carbocycles. The van der Waals surface area contributed by atoms with Crippen molar-refractivity contribution in [2.24, 2.45) is 0 Å². The van der Waals surface area contributed by atoms with Crippen LogP contribution in [0.2, 0.25) is 0 Å². The third kappa shape index (κ3) is 1.68. The van der Waals surface area contributed by atoms with Crippen LogP contribution in [0.25, 0.3) is 16.7 Å². The molecular formula is C12H13N3. The van der Waals surface area contributed by atoms with Crippen LogP contribution in [0, 0.1) is 6.92 Å². The zero-order valence-corrected chi connectivity index (χ0v) is 8.91. The summed E-state index contributed by atoms with van der Waals surface area (Å²) in [5, 5.41) is 0. The molecule has 0 aromatic carbocycles. The topological polar surface area (TPSA) is 41.6 Å². The van der Waals surface area contributed by atoms with E-state index in [9.17, 15) is 0 Å². The van der Waals surface area contributed by atoms with Crippen molar-refractivity contribution in [3.8, 4) is 0 Å². The fraction of sp³-hybridized carbons (Fsp3) is 0.167. The van der Waals surface area contributed by atoms with Crippen LogP contribution in [-0.2, 0) is 0 Å². The van der Waals surface area contributed by atoms with E-state index in [4.69, 9.17) is 0 Å². The van der Waals surface area contributed by atoms with E-state index in [0.717, 1.165) is 28.1 Å². The molecule has 2 heterocycles. The average Bonchev–Trinajstić information content (AvgIpc) is 2.59. The lowest BCUT2D eigenvalue weighted by atomic mass is 10.1. The summed E-state index contributed by atoms with van der Waals surface area (Å²) in [6, 6.07) is 2.04. The fourth-order valence-electron chi connectivity index (χ4n) is 1.58. The van der Waals surface area contributed by atoms with Crippen molar-refractivity contribution in [2.75, 3.05) is 0 Å². The first-order valence-corrected chi connectivity index (χ1v) is 4.86. The highest BCUT2D eigenvalue weighted by Gasteiger charge is 2.03. The second-order valence-electron chi connectivity index (χ2n) is 3.37. The monoisotopic (exact) mass is 199 g/mol. The SMILES string of the molecule is C=CC(=CC)c1cnc2nc(C)[nH]c2c1. The van der Waals surface area contributed by atoms with E-state index in [1.54, 1.807) is 0 Å². The van der Waals surface area contributed by atoms with Crippen LogP contribution < -0.4 is 0 Å². The highest BCUT2D eigenvalue weighted by molar-refractivity contribution is 5.80. The first-order valence-electron chi connectivity index (χ1n) is 4.86. The molecule has 0 unspecified atom stereocenters. The van der Waals surface area contributed by atoms with Crippen LogP contribution >= 0.6 is 0 Å². The second-order valence-corrected chi connectivity index (χ2v) is 3.37. The minimum absolute atomic E-state index is 0.760. The molecule has 0 spiro atoms. The Labute approximate surface area is 88.6 Å². The van der Waals surface area contributed by atoms with Crippen LogP contribution in [0.4, 0.5) is 0 Å². The first-order chi connectivity index (χ1) is 7.24. The van der Waals surface area contributed by atoms with Gasteiger partial charge in [-0.3, -0.25) is 0 Å². The van der Waals surface area contributed by atoms with Gasteiger partial charge in [0.15, 0.2) is 5.65 Å². The van der Waals surface area contributed by atoms with Crippen molar-refractivity contribution < 1.29 is 0 Å². The van der Waals surface area contributed by atoms with E-state index in [0.29, 0.717) is 0 Å². The van der Waals surface area contributed by atoms with Crippen molar-refractivity contribution in [3.63, 3.8) is 0 Å². The van der Waals surface area contributed by atoms with E-state index in [1.807, 2.05) is 38.3 Å². The molecule has 0 bridgehead atoms. The Hall–Kier alpha value is -1.90. The summed E-state index contributed by atoms with van der Waals surface area (Å²) in [6.45, 7) is 7.68. The lowest BCUT2D eigenvalue weighted by Gasteiger charge is -1.99. The van der Waals surface area contributed by atoms with Gasteiger partial charge in [-0.1, -0.05) is 18.7 Å².